The maximum absolute atomic E-state index is 9.69. The highest BCUT2D eigenvalue weighted by Gasteiger charge is 2.25. The molecule has 1 fully saturated rings. The lowest BCUT2D eigenvalue weighted by Crippen LogP contribution is -2.22. The van der Waals surface area contributed by atoms with Crippen LogP contribution in [0.3, 0.4) is 0 Å². The number of nitrogens with one attached hydrogen (secondary N) is 1. The lowest BCUT2D eigenvalue weighted by atomic mass is 10.1. The van der Waals surface area contributed by atoms with Crippen LogP contribution in [0.1, 0.15) is 24.8 Å². The van der Waals surface area contributed by atoms with Crippen molar-refractivity contribution in [1.82, 2.24) is 4.98 Å². The Labute approximate surface area is 100 Å². The van der Waals surface area contributed by atoms with Crippen LogP contribution in [0.25, 0.3) is 0 Å². The van der Waals surface area contributed by atoms with Gasteiger partial charge in [-0.1, -0.05) is 6.42 Å². The number of aliphatic hydroxyl groups is 1. The number of nitrogens with zero attached hydrogens (tertiary/aromatic N) is 2. The molecule has 1 aliphatic rings. The fraction of sp³-hybridized carbons (Fsp3) is 0.500. The molecular weight excluding hydrogens is 216 g/mol. The van der Waals surface area contributed by atoms with Gasteiger partial charge >= 0.3 is 0 Å². The van der Waals surface area contributed by atoms with Gasteiger partial charge in [0.15, 0.2) is 0 Å². The monoisotopic (exact) mass is 232 g/mol. The largest absolute Gasteiger partial charge is 0.397 e. The third-order valence-electron chi connectivity index (χ3n) is 3.18. The number of aromatic nitrogens is 1. The van der Waals surface area contributed by atoms with E-state index < -0.39 is 0 Å². The minimum Gasteiger partial charge on any atom is -0.397 e. The zero-order valence-corrected chi connectivity index (χ0v) is 9.56. The Morgan fingerprint density at radius 2 is 2.41 bits per heavy atom. The van der Waals surface area contributed by atoms with E-state index in [2.05, 4.69) is 16.4 Å². The number of nitrogen functional groups attached to an aromatic ring is 1. The van der Waals surface area contributed by atoms with Crippen LogP contribution < -0.4 is 11.1 Å². The van der Waals surface area contributed by atoms with Gasteiger partial charge in [-0.25, -0.2) is 4.98 Å². The Bertz CT molecular complexity index is 441. The molecule has 5 nitrogen and oxygen atoms in total. The number of rotatable bonds is 3. The summed E-state index contributed by atoms with van der Waals surface area (Å²) >= 11 is 0. The highest BCUT2D eigenvalue weighted by Crippen LogP contribution is 2.26. The van der Waals surface area contributed by atoms with Crippen LogP contribution in [0.5, 0.6) is 0 Å². The highest BCUT2D eigenvalue weighted by molar-refractivity contribution is 5.57. The number of nitrogens with two attached hydrogens (primary N) is 1. The summed E-state index contributed by atoms with van der Waals surface area (Å²) in [5.74, 6) is 0.793. The third kappa shape index (κ3) is 2.66. The van der Waals surface area contributed by atoms with Crippen LogP contribution in [0.2, 0.25) is 0 Å². The SMILES string of the molecule is N#Cc1cc(N)cnc1NCC1CCCC1O. The van der Waals surface area contributed by atoms with E-state index in [-0.39, 0.29) is 12.0 Å². The van der Waals surface area contributed by atoms with Gasteiger partial charge in [-0.15, -0.1) is 0 Å². The van der Waals surface area contributed by atoms with E-state index in [0.29, 0.717) is 23.6 Å². The van der Waals surface area contributed by atoms with Gasteiger partial charge in [-0.05, 0) is 18.9 Å². The number of aliphatic hydroxyl groups excluding tert-OH is 1. The van der Waals surface area contributed by atoms with Crippen molar-refractivity contribution in [1.29, 1.82) is 5.26 Å². The Hall–Kier alpha value is -1.80. The average molecular weight is 232 g/mol. The van der Waals surface area contributed by atoms with Crippen LogP contribution in [-0.2, 0) is 0 Å². The van der Waals surface area contributed by atoms with Crippen molar-refractivity contribution in [3.63, 3.8) is 0 Å². The molecule has 1 saturated carbocycles. The first kappa shape index (κ1) is 11.7. The molecular formula is C12H16N4O. The molecule has 90 valence electrons. The number of hydrogen-bond acceptors (Lipinski definition) is 5. The third-order valence-corrected chi connectivity index (χ3v) is 3.18. The van der Waals surface area contributed by atoms with Crippen LogP contribution in [-0.4, -0.2) is 22.7 Å². The van der Waals surface area contributed by atoms with Crippen LogP contribution in [0, 0.1) is 17.2 Å². The van der Waals surface area contributed by atoms with Gasteiger partial charge in [-0.2, -0.15) is 5.26 Å². The smallest absolute Gasteiger partial charge is 0.144 e. The summed E-state index contributed by atoms with van der Waals surface area (Å²) < 4.78 is 0. The van der Waals surface area contributed by atoms with Crippen molar-refractivity contribution in [2.24, 2.45) is 5.92 Å². The first-order valence-electron chi connectivity index (χ1n) is 5.78. The Kier molecular flexibility index (Phi) is 3.45. The molecule has 1 heterocycles. The molecule has 1 aromatic heterocycles. The number of hydrogen-bond donors (Lipinski definition) is 3. The summed E-state index contributed by atoms with van der Waals surface area (Å²) in [5.41, 5.74) is 6.48. The van der Waals surface area contributed by atoms with E-state index >= 15 is 0 Å². The normalized spacial score (nSPS) is 23.3. The van der Waals surface area contributed by atoms with Gasteiger partial charge in [0.05, 0.1) is 23.6 Å². The molecule has 0 spiro atoms. The lowest BCUT2D eigenvalue weighted by molar-refractivity contribution is 0.138. The van der Waals surface area contributed by atoms with Crippen molar-refractivity contribution < 1.29 is 5.11 Å². The molecule has 2 rings (SSSR count). The molecule has 0 aliphatic heterocycles. The standard InChI is InChI=1S/C12H16N4O/c13-5-9-4-10(14)7-16-12(9)15-6-8-2-1-3-11(8)17/h4,7-8,11,17H,1-3,6,14H2,(H,15,16). The van der Waals surface area contributed by atoms with Gasteiger partial charge in [-0.3, -0.25) is 0 Å². The molecule has 0 saturated heterocycles. The summed E-state index contributed by atoms with van der Waals surface area (Å²) in [6, 6.07) is 3.65. The van der Waals surface area contributed by atoms with Crippen molar-refractivity contribution >= 4 is 11.5 Å². The predicted octanol–water partition coefficient (Wildman–Crippen LogP) is 1.11. The first-order chi connectivity index (χ1) is 8.20. The van der Waals surface area contributed by atoms with E-state index in [1.165, 1.54) is 6.20 Å². The van der Waals surface area contributed by atoms with Gasteiger partial charge < -0.3 is 16.2 Å². The second kappa shape index (κ2) is 5.02. The van der Waals surface area contributed by atoms with Crippen molar-refractivity contribution in [3.05, 3.63) is 17.8 Å². The van der Waals surface area contributed by atoms with Crippen LogP contribution in [0.15, 0.2) is 12.3 Å². The quantitative estimate of drug-likeness (QED) is 0.725. The van der Waals surface area contributed by atoms with E-state index in [0.717, 1.165) is 19.3 Å². The molecule has 4 N–H and O–H groups in total. The van der Waals surface area contributed by atoms with E-state index in [9.17, 15) is 5.11 Å². The maximum atomic E-state index is 9.69. The van der Waals surface area contributed by atoms with Crippen molar-refractivity contribution in [3.8, 4) is 6.07 Å². The maximum Gasteiger partial charge on any atom is 0.144 e. The van der Waals surface area contributed by atoms with Gasteiger partial charge in [0.2, 0.25) is 0 Å². The topological polar surface area (TPSA) is 95.0 Å². The summed E-state index contributed by atoms with van der Waals surface area (Å²) in [4.78, 5) is 4.09. The zero-order chi connectivity index (χ0) is 12.3. The summed E-state index contributed by atoms with van der Waals surface area (Å²) in [5, 5.41) is 21.8. The molecule has 0 aromatic carbocycles. The fourth-order valence-electron chi connectivity index (χ4n) is 2.19. The summed E-state index contributed by atoms with van der Waals surface area (Å²) in [6.45, 7) is 0.646. The second-order valence-electron chi connectivity index (χ2n) is 4.42. The second-order valence-corrected chi connectivity index (χ2v) is 4.42. The summed E-state index contributed by atoms with van der Waals surface area (Å²) in [7, 11) is 0. The molecule has 17 heavy (non-hydrogen) atoms. The summed E-state index contributed by atoms with van der Waals surface area (Å²) in [6.07, 6.45) is 4.24. The lowest BCUT2D eigenvalue weighted by Gasteiger charge is -2.16. The van der Waals surface area contributed by atoms with E-state index in [1.807, 2.05) is 0 Å². The minimum atomic E-state index is -0.234. The van der Waals surface area contributed by atoms with Crippen LogP contribution >= 0.6 is 0 Å². The van der Waals surface area contributed by atoms with E-state index in [1.54, 1.807) is 6.07 Å². The Morgan fingerprint density at radius 1 is 1.59 bits per heavy atom. The zero-order valence-electron chi connectivity index (χ0n) is 9.56. The van der Waals surface area contributed by atoms with Crippen molar-refractivity contribution in [2.45, 2.75) is 25.4 Å². The molecule has 2 atom stereocenters. The number of anilines is 2. The van der Waals surface area contributed by atoms with Gasteiger partial charge in [0.1, 0.15) is 11.9 Å². The highest BCUT2D eigenvalue weighted by atomic mass is 16.3. The van der Waals surface area contributed by atoms with Gasteiger partial charge in [0.25, 0.3) is 0 Å². The Balaban J connectivity index is 2.01. The molecule has 1 aliphatic carbocycles. The van der Waals surface area contributed by atoms with Crippen molar-refractivity contribution in [2.75, 3.05) is 17.6 Å². The fourth-order valence-corrected chi connectivity index (χ4v) is 2.19. The molecule has 5 heteroatoms. The number of pyridine rings is 1. The molecule has 1 aromatic rings. The first-order valence-corrected chi connectivity index (χ1v) is 5.78. The van der Waals surface area contributed by atoms with E-state index in [4.69, 9.17) is 11.0 Å². The molecule has 2 unspecified atom stereocenters. The van der Waals surface area contributed by atoms with Gasteiger partial charge in [0, 0.05) is 12.5 Å². The average Bonchev–Trinajstić information content (AvgIpc) is 2.73. The Morgan fingerprint density at radius 3 is 3.06 bits per heavy atom. The van der Waals surface area contributed by atoms with Crippen LogP contribution in [0.4, 0.5) is 11.5 Å². The predicted molar refractivity (Wildman–Crippen MR) is 65.2 cm³/mol. The number of nitriles is 1. The molecule has 0 radical (unpaired) electrons. The molecule has 0 bridgehead atoms. The minimum absolute atomic E-state index is 0.234. The molecule has 0 amide bonds.